The highest BCUT2D eigenvalue weighted by Crippen LogP contribution is 2.42. The molecular formula is C30H29FN4O3. The van der Waals surface area contributed by atoms with Crippen LogP contribution in [0.3, 0.4) is 0 Å². The number of H-pyrrole nitrogens is 1. The minimum absolute atomic E-state index is 0.294. The molecule has 5 aromatic rings. The van der Waals surface area contributed by atoms with E-state index in [1.165, 1.54) is 12.1 Å². The number of para-hydroxylation sites is 1. The van der Waals surface area contributed by atoms with Gasteiger partial charge >= 0.3 is 0 Å². The fourth-order valence-electron chi connectivity index (χ4n) is 5.08. The molecule has 1 aliphatic rings. The van der Waals surface area contributed by atoms with Gasteiger partial charge in [0.25, 0.3) is 0 Å². The highest BCUT2D eigenvalue weighted by Gasteiger charge is 2.20. The Morgan fingerprint density at radius 3 is 2.68 bits per heavy atom. The molecule has 0 spiro atoms. The van der Waals surface area contributed by atoms with E-state index in [1.54, 1.807) is 19.5 Å². The van der Waals surface area contributed by atoms with Crippen molar-refractivity contribution in [1.29, 1.82) is 0 Å². The van der Waals surface area contributed by atoms with Gasteiger partial charge in [-0.15, -0.1) is 0 Å². The van der Waals surface area contributed by atoms with Crippen molar-refractivity contribution >= 4 is 21.8 Å². The normalized spacial score (nSPS) is 14.3. The second-order valence-electron chi connectivity index (χ2n) is 9.33. The summed E-state index contributed by atoms with van der Waals surface area (Å²) >= 11 is 0. The number of nitrogens with zero attached hydrogens (tertiary/aromatic N) is 3. The SMILES string of the molecule is COc1cc2ncnc(-c3c(-c4cccc(F)c4)[nH]c4ccccc34)c2cc1OCCCN1CCOCC1. The van der Waals surface area contributed by atoms with Gasteiger partial charge in [0.05, 0.1) is 43.8 Å². The summed E-state index contributed by atoms with van der Waals surface area (Å²) in [6.07, 6.45) is 2.45. The van der Waals surface area contributed by atoms with E-state index in [1.807, 2.05) is 42.5 Å². The molecule has 6 rings (SSSR count). The zero-order valence-corrected chi connectivity index (χ0v) is 21.2. The van der Waals surface area contributed by atoms with Gasteiger partial charge in [-0.2, -0.15) is 0 Å². The molecule has 0 radical (unpaired) electrons. The molecule has 0 bridgehead atoms. The van der Waals surface area contributed by atoms with Crippen LogP contribution in [0, 0.1) is 5.82 Å². The second kappa shape index (κ2) is 10.8. The van der Waals surface area contributed by atoms with Gasteiger partial charge in [-0.1, -0.05) is 30.3 Å². The molecule has 1 saturated heterocycles. The summed E-state index contributed by atoms with van der Waals surface area (Å²) in [5, 5.41) is 1.83. The Morgan fingerprint density at radius 1 is 0.974 bits per heavy atom. The van der Waals surface area contributed by atoms with Crippen molar-refractivity contribution in [3.63, 3.8) is 0 Å². The number of aromatic amines is 1. The molecule has 0 aliphatic carbocycles. The monoisotopic (exact) mass is 512 g/mol. The maximum atomic E-state index is 14.2. The lowest BCUT2D eigenvalue weighted by Crippen LogP contribution is -2.37. The number of morpholine rings is 1. The van der Waals surface area contributed by atoms with Crippen molar-refractivity contribution < 1.29 is 18.6 Å². The first-order valence-electron chi connectivity index (χ1n) is 12.8. The number of hydrogen-bond donors (Lipinski definition) is 1. The molecule has 1 aliphatic heterocycles. The molecule has 0 saturated carbocycles. The first kappa shape index (κ1) is 24.3. The maximum Gasteiger partial charge on any atom is 0.162 e. The number of fused-ring (bicyclic) bond motifs is 2. The van der Waals surface area contributed by atoms with Crippen molar-refractivity contribution in [2.45, 2.75) is 6.42 Å². The van der Waals surface area contributed by atoms with Crippen molar-refractivity contribution in [3.05, 3.63) is 72.8 Å². The fraction of sp³-hybridized carbons (Fsp3) is 0.267. The van der Waals surface area contributed by atoms with Crippen molar-refractivity contribution in [2.75, 3.05) is 46.6 Å². The Balaban J connectivity index is 1.40. The first-order chi connectivity index (χ1) is 18.7. The number of halogens is 1. The Hall–Kier alpha value is -4.01. The lowest BCUT2D eigenvalue weighted by atomic mass is 9.99. The van der Waals surface area contributed by atoms with Crippen LogP contribution in [-0.2, 0) is 4.74 Å². The van der Waals surface area contributed by atoms with Crippen LogP contribution in [0.4, 0.5) is 4.39 Å². The summed E-state index contributed by atoms with van der Waals surface area (Å²) < 4.78 is 31.5. The van der Waals surface area contributed by atoms with Crippen LogP contribution in [0.15, 0.2) is 67.0 Å². The average molecular weight is 513 g/mol. The standard InChI is InChI=1S/C30H29FN4O3/c1-36-26-18-25-23(17-27(26)38-13-5-10-35-11-14-37-15-12-35)30(33-19-32-25)28-22-8-2-3-9-24(22)34-29(28)20-6-4-7-21(31)16-20/h2-4,6-9,16-19,34H,5,10-15H2,1H3. The van der Waals surface area contributed by atoms with Gasteiger partial charge in [0.2, 0.25) is 0 Å². The van der Waals surface area contributed by atoms with Crippen molar-refractivity contribution in [3.8, 4) is 34.0 Å². The van der Waals surface area contributed by atoms with Gasteiger partial charge in [-0.05, 0) is 30.7 Å². The summed E-state index contributed by atoms with van der Waals surface area (Å²) in [7, 11) is 1.63. The van der Waals surface area contributed by atoms with Gasteiger partial charge < -0.3 is 19.2 Å². The highest BCUT2D eigenvalue weighted by atomic mass is 19.1. The maximum absolute atomic E-state index is 14.2. The van der Waals surface area contributed by atoms with Crippen LogP contribution in [0.2, 0.25) is 0 Å². The molecule has 3 aromatic carbocycles. The molecule has 1 fully saturated rings. The molecule has 0 amide bonds. The van der Waals surface area contributed by atoms with E-state index in [9.17, 15) is 4.39 Å². The van der Waals surface area contributed by atoms with Crippen LogP contribution >= 0.6 is 0 Å². The number of aromatic nitrogens is 3. The highest BCUT2D eigenvalue weighted by molar-refractivity contribution is 6.08. The number of ether oxygens (including phenoxy) is 3. The summed E-state index contributed by atoms with van der Waals surface area (Å²) in [4.78, 5) is 15.1. The largest absolute Gasteiger partial charge is 0.493 e. The molecular weight excluding hydrogens is 483 g/mol. The van der Waals surface area contributed by atoms with Crippen LogP contribution in [-0.4, -0.2) is 66.4 Å². The van der Waals surface area contributed by atoms with E-state index in [-0.39, 0.29) is 5.82 Å². The molecule has 194 valence electrons. The lowest BCUT2D eigenvalue weighted by Gasteiger charge is -2.26. The van der Waals surface area contributed by atoms with Crippen molar-refractivity contribution in [2.24, 2.45) is 0 Å². The van der Waals surface area contributed by atoms with Crippen molar-refractivity contribution in [1.82, 2.24) is 19.9 Å². The zero-order valence-electron chi connectivity index (χ0n) is 21.2. The molecule has 3 heterocycles. The number of methoxy groups -OCH3 is 1. The van der Waals surface area contributed by atoms with E-state index in [0.29, 0.717) is 18.1 Å². The Kier molecular flexibility index (Phi) is 6.90. The van der Waals surface area contributed by atoms with Crippen LogP contribution < -0.4 is 9.47 Å². The van der Waals surface area contributed by atoms with Crippen LogP contribution in [0.1, 0.15) is 6.42 Å². The number of rotatable bonds is 8. The molecule has 7 nitrogen and oxygen atoms in total. The summed E-state index contributed by atoms with van der Waals surface area (Å²) in [5.74, 6) is 0.972. The van der Waals surface area contributed by atoms with Gasteiger partial charge in [0.15, 0.2) is 11.5 Å². The van der Waals surface area contributed by atoms with E-state index < -0.39 is 0 Å². The van der Waals surface area contributed by atoms with Crippen LogP contribution in [0.5, 0.6) is 11.5 Å². The minimum Gasteiger partial charge on any atom is -0.493 e. The fourth-order valence-corrected chi connectivity index (χ4v) is 5.08. The Bertz CT molecular complexity index is 1580. The number of nitrogens with one attached hydrogen (secondary N) is 1. The molecule has 38 heavy (non-hydrogen) atoms. The predicted octanol–water partition coefficient (Wildman–Crippen LogP) is 5.69. The summed E-state index contributed by atoms with van der Waals surface area (Å²) in [6.45, 7) is 5.00. The number of hydrogen-bond acceptors (Lipinski definition) is 6. The number of benzene rings is 3. The van der Waals surface area contributed by atoms with E-state index in [2.05, 4.69) is 14.9 Å². The molecule has 0 unspecified atom stereocenters. The third kappa shape index (κ3) is 4.80. The van der Waals surface area contributed by atoms with Gasteiger partial charge in [0.1, 0.15) is 12.1 Å². The van der Waals surface area contributed by atoms with E-state index in [0.717, 1.165) is 83.6 Å². The summed E-state index contributed by atoms with van der Waals surface area (Å²) in [5.41, 5.74) is 4.87. The summed E-state index contributed by atoms with van der Waals surface area (Å²) in [6, 6.07) is 18.4. The van der Waals surface area contributed by atoms with Crippen LogP contribution in [0.25, 0.3) is 44.3 Å². The zero-order chi connectivity index (χ0) is 25.9. The second-order valence-corrected chi connectivity index (χ2v) is 9.33. The lowest BCUT2D eigenvalue weighted by molar-refractivity contribution is 0.0357. The molecule has 8 heteroatoms. The van der Waals surface area contributed by atoms with E-state index in [4.69, 9.17) is 19.2 Å². The quantitative estimate of drug-likeness (QED) is 0.269. The predicted molar refractivity (Wildman–Crippen MR) is 146 cm³/mol. The first-order valence-corrected chi connectivity index (χ1v) is 12.8. The molecule has 1 N–H and O–H groups in total. The Labute approximate surface area is 220 Å². The topological polar surface area (TPSA) is 72.5 Å². The van der Waals surface area contributed by atoms with Gasteiger partial charge in [0, 0.05) is 53.1 Å². The minimum atomic E-state index is -0.294. The Morgan fingerprint density at radius 2 is 1.84 bits per heavy atom. The molecule has 2 aromatic heterocycles. The van der Waals surface area contributed by atoms with Gasteiger partial charge in [-0.25, -0.2) is 14.4 Å². The third-order valence-electron chi connectivity index (χ3n) is 6.96. The van der Waals surface area contributed by atoms with Gasteiger partial charge in [-0.3, -0.25) is 4.90 Å². The average Bonchev–Trinajstić information content (AvgIpc) is 3.34. The third-order valence-corrected chi connectivity index (χ3v) is 6.96. The molecule has 0 atom stereocenters. The smallest absolute Gasteiger partial charge is 0.162 e. The van der Waals surface area contributed by atoms with E-state index >= 15 is 0 Å².